The standard InChI is InChI=1S/C25H25N5O4/c1-15(31)23-27-9-10-29(23)12-18-11-22(34-28-18)17-6-3-16(4-7-17)5-8-19-20-13-30(14-21(19)20)25(33)24(32)26-2/h3-4,6-7,9-11,15,19-21,31H,12-14H2,1-2H3,(H,26,32)/t15-,19-,20+,21-/m0/s1. The second kappa shape index (κ2) is 8.80. The number of imidazole rings is 1. The van der Waals surface area contributed by atoms with Crippen LogP contribution in [0.4, 0.5) is 0 Å². The molecule has 2 amide bonds. The first kappa shape index (κ1) is 21.9. The summed E-state index contributed by atoms with van der Waals surface area (Å²) in [6.45, 7) is 3.33. The first-order valence-electron chi connectivity index (χ1n) is 11.2. The van der Waals surface area contributed by atoms with Crippen LogP contribution in [0.3, 0.4) is 0 Å². The second-order valence-corrected chi connectivity index (χ2v) is 8.76. The van der Waals surface area contributed by atoms with Crippen molar-refractivity contribution < 1.29 is 19.2 Å². The summed E-state index contributed by atoms with van der Waals surface area (Å²) in [5, 5.41) is 16.3. The Morgan fingerprint density at radius 2 is 2.00 bits per heavy atom. The molecule has 2 aliphatic rings. The van der Waals surface area contributed by atoms with E-state index in [2.05, 4.69) is 27.3 Å². The van der Waals surface area contributed by atoms with E-state index in [9.17, 15) is 14.7 Å². The van der Waals surface area contributed by atoms with E-state index in [1.54, 1.807) is 24.2 Å². The topological polar surface area (TPSA) is 113 Å². The quantitative estimate of drug-likeness (QED) is 0.451. The Kier molecular flexibility index (Phi) is 5.67. The molecule has 3 heterocycles. The number of likely N-dealkylation sites (N-methyl/N-ethyl adjacent to an activating group) is 1. The lowest BCUT2D eigenvalue weighted by atomic mass is 10.1. The zero-order valence-corrected chi connectivity index (χ0v) is 18.9. The number of hydrogen-bond acceptors (Lipinski definition) is 6. The molecule has 4 atom stereocenters. The van der Waals surface area contributed by atoms with Gasteiger partial charge in [0.2, 0.25) is 0 Å². The highest BCUT2D eigenvalue weighted by Crippen LogP contribution is 2.51. The highest BCUT2D eigenvalue weighted by Gasteiger charge is 2.56. The molecule has 1 aliphatic heterocycles. The first-order valence-corrected chi connectivity index (χ1v) is 11.2. The Morgan fingerprint density at radius 1 is 1.26 bits per heavy atom. The second-order valence-electron chi connectivity index (χ2n) is 8.76. The normalized spacial score (nSPS) is 21.4. The van der Waals surface area contributed by atoms with Crippen LogP contribution in [0, 0.1) is 29.6 Å². The fourth-order valence-electron chi connectivity index (χ4n) is 4.56. The molecule has 0 bridgehead atoms. The molecule has 1 saturated heterocycles. The van der Waals surface area contributed by atoms with Crippen LogP contribution in [-0.4, -0.2) is 56.7 Å². The number of piperidine rings is 1. The van der Waals surface area contributed by atoms with Crippen molar-refractivity contribution in [2.45, 2.75) is 19.6 Å². The van der Waals surface area contributed by atoms with Gasteiger partial charge >= 0.3 is 11.8 Å². The van der Waals surface area contributed by atoms with E-state index in [0.29, 0.717) is 43.1 Å². The number of benzene rings is 1. The number of amides is 2. The molecule has 0 unspecified atom stereocenters. The maximum absolute atomic E-state index is 12.0. The zero-order valence-electron chi connectivity index (χ0n) is 18.9. The lowest BCUT2D eigenvalue weighted by Gasteiger charge is -2.17. The zero-order chi connectivity index (χ0) is 23.8. The van der Waals surface area contributed by atoms with Crippen molar-refractivity contribution in [3.05, 3.63) is 59.8 Å². The summed E-state index contributed by atoms with van der Waals surface area (Å²) in [4.78, 5) is 29.2. The Morgan fingerprint density at radius 3 is 2.68 bits per heavy atom. The van der Waals surface area contributed by atoms with E-state index in [0.717, 1.165) is 16.8 Å². The van der Waals surface area contributed by atoms with Gasteiger partial charge in [-0.3, -0.25) is 9.59 Å². The van der Waals surface area contributed by atoms with Crippen LogP contribution >= 0.6 is 0 Å². The van der Waals surface area contributed by atoms with Gasteiger partial charge in [0.05, 0.1) is 6.54 Å². The van der Waals surface area contributed by atoms with Gasteiger partial charge in [0, 0.05) is 55.6 Å². The van der Waals surface area contributed by atoms with Gasteiger partial charge in [0.1, 0.15) is 17.6 Å². The summed E-state index contributed by atoms with van der Waals surface area (Å²) < 4.78 is 7.35. The van der Waals surface area contributed by atoms with Gasteiger partial charge in [-0.1, -0.05) is 17.0 Å². The fraction of sp³-hybridized carbons (Fsp3) is 0.360. The molecular weight excluding hydrogens is 434 g/mol. The van der Waals surface area contributed by atoms with Gasteiger partial charge in [-0.2, -0.15) is 0 Å². The molecule has 9 nitrogen and oxygen atoms in total. The van der Waals surface area contributed by atoms with Gasteiger partial charge < -0.3 is 24.4 Å². The van der Waals surface area contributed by atoms with Crippen molar-refractivity contribution in [3.63, 3.8) is 0 Å². The van der Waals surface area contributed by atoms with Crippen LogP contribution in [0.2, 0.25) is 0 Å². The van der Waals surface area contributed by atoms with Gasteiger partial charge in [-0.05, 0) is 43.0 Å². The monoisotopic (exact) mass is 459 g/mol. The molecule has 1 saturated carbocycles. The van der Waals surface area contributed by atoms with Crippen LogP contribution in [0.15, 0.2) is 47.2 Å². The molecule has 3 aromatic rings. The van der Waals surface area contributed by atoms with Crippen molar-refractivity contribution in [2.75, 3.05) is 20.1 Å². The summed E-state index contributed by atoms with van der Waals surface area (Å²) in [6, 6.07) is 9.68. The van der Waals surface area contributed by atoms with Crippen LogP contribution in [-0.2, 0) is 16.1 Å². The number of carbonyl (C=O) groups is 2. The summed E-state index contributed by atoms with van der Waals surface area (Å²) in [6.07, 6.45) is 2.79. The van der Waals surface area contributed by atoms with Crippen LogP contribution < -0.4 is 5.32 Å². The summed E-state index contributed by atoms with van der Waals surface area (Å²) in [5.41, 5.74) is 2.55. The minimum absolute atomic E-state index is 0.278. The Bertz CT molecular complexity index is 1270. The van der Waals surface area contributed by atoms with E-state index in [-0.39, 0.29) is 5.92 Å². The van der Waals surface area contributed by atoms with Gasteiger partial charge in [0.15, 0.2) is 5.76 Å². The van der Waals surface area contributed by atoms with Gasteiger partial charge in [-0.15, -0.1) is 0 Å². The maximum atomic E-state index is 12.0. The minimum atomic E-state index is -0.658. The number of aliphatic hydroxyl groups is 1. The molecule has 1 aliphatic carbocycles. The SMILES string of the molecule is CNC(=O)C(=O)N1C[C@@H]2[C@H](C#Cc3ccc(-c4cc(Cn5ccnc5[C@H](C)O)no4)cc3)[C@@H]2C1. The van der Waals surface area contributed by atoms with Crippen molar-refractivity contribution in [3.8, 4) is 23.2 Å². The highest BCUT2D eigenvalue weighted by molar-refractivity contribution is 6.35. The minimum Gasteiger partial charge on any atom is -0.385 e. The molecule has 1 aromatic carbocycles. The third-order valence-corrected chi connectivity index (χ3v) is 6.47. The van der Waals surface area contributed by atoms with Crippen LogP contribution in [0.1, 0.15) is 30.1 Å². The lowest BCUT2D eigenvalue weighted by molar-refractivity contribution is -0.145. The van der Waals surface area contributed by atoms with Gasteiger partial charge in [-0.25, -0.2) is 4.98 Å². The van der Waals surface area contributed by atoms with E-state index in [1.165, 1.54) is 7.05 Å². The number of nitrogens with zero attached hydrogens (tertiary/aromatic N) is 4. The lowest BCUT2D eigenvalue weighted by Crippen LogP contribution is -2.41. The molecule has 0 spiro atoms. The predicted molar refractivity (Wildman–Crippen MR) is 122 cm³/mol. The average molecular weight is 460 g/mol. The Balaban J connectivity index is 1.18. The van der Waals surface area contributed by atoms with Crippen molar-refractivity contribution in [1.82, 2.24) is 24.9 Å². The molecule has 0 radical (unpaired) electrons. The van der Waals surface area contributed by atoms with Crippen molar-refractivity contribution >= 4 is 11.8 Å². The summed E-state index contributed by atoms with van der Waals surface area (Å²) in [5.74, 6) is 7.77. The molecule has 9 heteroatoms. The molecule has 2 N–H and O–H groups in total. The fourth-order valence-corrected chi connectivity index (χ4v) is 4.56. The third kappa shape index (κ3) is 4.20. The largest absolute Gasteiger partial charge is 0.385 e. The van der Waals surface area contributed by atoms with E-state index >= 15 is 0 Å². The number of nitrogens with one attached hydrogen (secondary N) is 1. The average Bonchev–Trinajstić information content (AvgIpc) is 3.34. The molecule has 34 heavy (non-hydrogen) atoms. The van der Waals surface area contributed by atoms with Crippen LogP contribution in [0.5, 0.6) is 0 Å². The molecular formula is C25H25N5O4. The van der Waals surface area contributed by atoms with Crippen LogP contribution in [0.25, 0.3) is 11.3 Å². The third-order valence-electron chi connectivity index (χ3n) is 6.47. The Hall–Kier alpha value is -3.90. The summed E-state index contributed by atoms with van der Waals surface area (Å²) in [7, 11) is 1.47. The highest BCUT2D eigenvalue weighted by atomic mass is 16.5. The Labute approximate surface area is 196 Å². The molecule has 5 rings (SSSR count). The van der Waals surface area contributed by atoms with Crippen molar-refractivity contribution in [2.24, 2.45) is 17.8 Å². The number of likely N-dealkylation sites (tertiary alicyclic amines) is 1. The van der Waals surface area contributed by atoms with E-state index in [4.69, 9.17) is 4.52 Å². The number of aromatic nitrogens is 3. The van der Waals surface area contributed by atoms with E-state index in [1.807, 2.05) is 34.9 Å². The van der Waals surface area contributed by atoms with Gasteiger partial charge in [0.25, 0.3) is 0 Å². The number of rotatable bonds is 4. The molecule has 2 fully saturated rings. The molecule has 174 valence electrons. The summed E-state index contributed by atoms with van der Waals surface area (Å²) >= 11 is 0. The van der Waals surface area contributed by atoms with Crippen molar-refractivity contribution in [1.29, 1.82) is 0 Å². The number of hydrogen-bond donors (Lipinski definition) is 2. The number of aliphatic hydroxyl groups excluding tert-OH is 1. The number of fused-ring (bicyclic) bond motifs is 1. The van der Waals surface area contributed by atoms with E-state index < -0.39 is 17.9 Å². The maximum Gasteiger partial charge on any atom is 0.311 e. The smallest absolute Gasteiger partial charge is 0.311 e. The molecule has 2 aromatic heterocycles. The first-order chi connectivity index (χ1) is 16.4. The predicted octanol–water partition coefficient (Wildman–Crippen LogP) is 1.44. The number of carbonyl (C=O) groups excluding carboxylic acids is 2.